The van der Waals surface area contributed by atoms with Crippen molar-refractivity contribution in [3.63, 3.8) is 0 Å². The number of nitrogens with two attached hydrogens (primary N) is 1. The van der Waals surface area contributed by atoms with Crippen molar-refractivity contribution >= 4 is 22.7 Å². The first kappa shape index (κ1) is 12.7. The number of ether oxygens (including phenoxy) is 1. The molecule has 0 aliphatic rings. The monoisotopic (exact) mass is 263 g/mol. The van der Waals surface area contributed by atoms with E-state index in [-0.39, 0.29) is 0 Å². The van der Waals surface area contributed by atoms with Crippen molar-refractivity contribution in [3.8, 4) is 10.9 Å². The van der Waals surface area contributed by atoms with Crippen LogP contribution in [0.1, 0.15) is 10.6 Å². The molecule has 0 aliphatic carbocycles. The van der Waals surface area contributed by atoms with Crippen LogP contribution in [0.25, 0.3) is 0 Å². The Morgan fingerprint density at radius 2 is 2.00 bits per heavy atom. The van der Waals surface area contributed by atoms with Gasteiger partial charge in [0, 0.05) is 30.7 Å². The van der Waals surface area contributed by atoms with Gasteiger partial charge in [0.1, 0.15) is 0 Å². The SMILES string of the molecule is Cc1nc(Oc2cc(N(C)C)ccc2N)sc1C. The van der Waals surface area contributed by atoms with Crippen molar-refractivity contribution in [1.82, 2.24) is 4.98 Å². The summed E-state index contributed by atoms with van der Waals surface area (Å²) in [7, 11) is 3.96. The van der Waals surface area contributed by atoms with Gasteiger partial charge in [0.2, 0.25) is 0 Å². The number of rotatable bonds is 3. The van der Waals surface area contributed by atoms with E-state index in [1.807, 2.05) is 51.0 Å². The topological polar surface area (TPSA) is 51.4 Å². The first-order valence-corrected chi connectivity index (χ1v) is 6.47. The normalized spacial score (nSPS) is 10.4. The van der Waals surface area contributed by atoms with Gasteiger partial charge < -0.3 is 15.4 Å². The molecule has 0 bridgehead atoms. The molecule has 96 valence electrons. The van der Waals surface area contributed by atoms with Gasteiger partial charge in [-0.05, 0) is 26.0 Å². The Morgan fingerprint density at radius 1 is 1.28 bits per heavy atom. The highest BCUT2D eigenvalue weighted by molar-refractivity contribution is 7.13. The molecular formula is C13H17N3OS. The Bertz CT molecular complexity index is 544. The van der Waals surface area contributed by atoms with Crippen LogP contribution >= 0.6 is 11.3 Å². The lowest BCUT2D eigenvalue weighted by Crippen LogP contribution is -2.08. The van der Waals surface area contributed by atoms with E-state index < -0.39 is 0 Å². The van der Waals surface area contributed by atoms with Crippen molar-refractivity contribution in [1.29, 1.82) is 0 Å². The Kier molecular flexibility index (Phi) is 3.43. The largest absolute Gasteiger partial charge is 0.429 e. The lowest BCUT2D eigenvalue weighted by atomic mass is 10.2. The number of nitrogen functional groups attached to an aromatic ring is 1. The standard InChI is InChI=1S/C13H17N3OS/c1-8-9(2)18-13(15-8)17-12-7-10(16(3)4)5-6-11(12)14/h5-7H,14H2,1-4H3. The smallest absolute Gasteiger partial charge is 0.279 e. The van der Waals surface area contributed by atoms with Gasteiger partial charge in [-0.25, -0.2) is 4.98 Å². The second-order valence-corrected chi connectivity index (χ2v) is 5.51. The number of aromatic nitrogens is 1. The quantitative estimate of drug-likeness (QED) is 0.864. The number of nitrogens with zero attached hydrogens (tertiary/aromatic N) is 2. The minimum absolute atomic E-state index is 0.617. The Balaban J connectivity index is 2.30. The molecule has 5 heteroatoms. The molecule has 1 heterocycles. The van der Waals surface area contributed by atoms with Gasteiger partial charge in [0.15, 0.2) is 5.75 Å². The minimum atomic E-state index is 0.617. The number of hydrogen-bond acceptors (Lipinski definition) is 5. The zero-order valence-corrected chi connectivity index (χ0v) is 11.8. The molecule has 2 N–H and O–H groups in total. The summed E-state index contributed by atoms with van der Waals surface area (Å²) >= 11 is 1.53. The summed E-state index contributed by atoms with van der Waals surface area (Å²) in [5.74, 6) is 0.648. The summed E-state index contributed by atoms with van der Waals surface area (Å²) in [6.07, 6.45) is 0. The zero-order chi connectivity index (χ0) is 13.3. The van der Waals surface area contributed by atoms with Gasteiger partial charge in [0.05, 0.1) is 11.4 Å². The molecule has 0 aliphatic heterocycles. The molecule has 2 aromatic rings. The average molecular weight is 263 g/mol. The van der Waals surface area contributed by atoms with Crippen LogP contribution in [-0.2, 0) is 0 Å². The highest BCUT2D eigenvalue weighted by Gasteiger charge is 2.09. The summed E-state index contributed by atoms with van der Waals surface area (Å²) in [5.41, 5.74) is 8.58. The van der Waals surface area contributed by atoms with E-state index in [2.05, 4.69) is 4.98 Å². The van der Waals surface area contributed by atoms with Crippen molar-refractivity contribution in [2.45, 2.75) is 13.8 Å². The fraction of sp³-hybridized carbons (Fsp3) is 0.308. The number of aryl methyl sites for hydroxylation is 2. The third-order valence-electron chi connectivity index (χ3n) is 2.72. The van der Waals surface area contributed by atoms with Crippen LogP contribution in [0.4, 0.5) is 11.4 Å². The highest BCUT2D eigenvalue weighted by atomic mass is 32.1. The Morgan fingerprint density at radius 3 is 2.56 bits per heavy atom. The summed E-state index contributed by atoms with van der Waals surface area (Å²) < 4.78 is 5.76. The summed E-state index contributed by atoms with van der Waals surface area (Å²) in [6.45, 7) is 4.00. The van der Waals surface area contributed by atoms with Crippen molar-refractivity contribution in [2.24, 2.45) is 0 Å². The molecule has 0 radical (unpaired) electrons. The van der Waals surface area contributed by atoms with E-state index in [9.17, 15) is 0 Å². The maximum absolute atomic E-state index is 5.92. The fourth-order valence-corrected chi connectivity index (χ4v) is 2.24. The summed E-state index contributed by atoms with van der Waals surface area (Å²) in [6, 6.07) is 5.72. The van der Waals surface area contributed by atoms with Crippen molar-refractivity contribution in [2.75, 3.05) is 24.7 Å². The molecule has 0 atom stereocenters. The molecule has 0 fully saturated rings. The molecule has 0 amide bonds. The van der Waals surface area contributed by atoms with E-state index in [0.29, 0.717) is 16.6 Å². The van der Waals surface area contributed by atoms with Crippen LogP contribution in [0.2, 0.25) is 0 Å². The number of thiazole rings is 1. The highest BCUT2D eigenvalue weighted by Crippen LogP contribution is 2.33. The van der Waals surface area contributed by atoms with Crippen molar-refractivity contribution < 1.29 is 4.74 Å². The van der Waals surface area contributed by atoms with Crippen LogP contribution < -0.4 is 15.4 Å². The van der Waals surface area contributed by atoms with E-state index in [0.717, 1.165) is 16.3 Å². The molecule has 18 heavy (non-hydrogen) atoms. The molecule has 4 nitrogen and oxygen atoms in total. The second kappa shape index (κ2) is 4.86. The van der Waals surface area contributed by atoms with Gasteiger partial charge in [-0.3, -0.25) is 0 Å². The summed E-state index contributed by atoms with van der Waals surface area (Å²) in [4.78, 5) is 7.51. The van der Waals surface area contributed by atoms with Gasteiger partial charge in [0.25, 0.3) is 5.19 Å². The summed E-state index contributed by atoms with van der Waals surface area (Å²) in [5, 5.41) is 0.632. The lowest BCUT2D eigenvalue weighted by molar-refractivity contribution is 0.480. The van der Waals surface area contributed by atoms with Gasteiger partial charge in [-0.2, -0.15) is 0 Å². The zero-order valence-electron chi connectivity index (χ0n) is 11.0. The van der Waals surface area contributed by atoms with Gasteiger partial charge >= 0.3 is 0 Å². The van der Waals surface area contributed by atoms with Crippen LogP contribution in [0.3, 0.4) is 0 Å². The molecular weight excluding hydrogens is 246 g/mol. The maximum atomic E-state index is 5.92. The van der Waals surface area contributed by atoms with E-state index >= 15 is 0 Å². The molecule has 0 unspecified atom stereocenters. The fourth-order valence-electron chi connectivity index (χ4n) is 1.47. The van der Waals surface area contributed by atoms with E-state index in [1.54, 1.807) is 0 Å². The molecule has 0 saturated heterocycles. The average Bonchev–Trinajstić information content (AvgIpc) is 2.61. The third-order valence-corrected chi connectivity index (χ3v) is 3.67. The molecule has 1 aromatic heterocycles. The Labute approximate surface area is 111 Å². The molecule has 1 aromatic carbocycles. The van der Waals surface area contributed by atoms with Crippen molar-refractivity contribution in [3.05, 3.63) is 28.8 Å². The first-order valence-electron chi connectivity index (χ1n) is 5.66. The minimum Gasteiger partial charge on any atom is -0.429 e. The van der Waals surface area contributed by atoms with Gasteiger partial charge in [-0.15, -0.1) is 0 Å². The Hall–Kier alpha value is -1.75. The number of anilines is 2. The lowest BCUT2D eigenvalue weighted by Gasteiger charge is -2.14. The second-order valence-electron chi connectivity index (χ2n) is 4.34. The molecule has 2 rings (SSSR count). The maximum Gasteiger partial charge on any atom is 0.279 e. The predicted octanol–water partition coefficient (Wildman–Crippen LogP) is 3.20. The molecule has 0 spiro atoms. The van der Waals surface area contributed by atoms with E-state index in [4.69, 9.17) is 10.5 Å². The third kappa shape index (κ3) is 2.56. The number of benzene rings is 1. The van der Waals surface area contributed by atoms with Crippen LogP contribution in [-0.4, -0.2) is 19.1 Å². The van der Waals surface area contributed by atoms with Crippen LogP contribution in [0.5, 0.6) is 10.9 Å². The number of hydrogen-bond donors (Lipinski definition) is 1. The van der Waals surface area contributed by atoms with E-state index in [1.165, 1.54) is 11.3 Å². The first-order chi connectivity index (χ1) is 8.47. The van der Waals surface area contributed by atoms with Crippen LogP contribution in [0, 0.1) is 13.8 Å². The predicted molar refractivity (Wildman–Crippen MR) is 76.8 cm³/mol. The van der Waals surface area contributed by atoms with Crippen LogP contribution in [0.15, 0.2) is 18.2 Å². The molecule has 0 saturated carbocycles. The van der Waals surface area contributed by atoms with Gasteiger partial charge in [-0.1, -0.05) is 11.3 Å².